The van der Waals surface area contributed by atoms with Crippen molar-refractivity contribution in [3.05, 3.63) is 24.3 Å². The van der Waals surface area contributed by atoms with Crippen LogP contribution in [0.15, 0.2) is 24.3 Å². The lowest BCUT2D eigenvalue weighted by molar-refractivity contribution is -0.226. The van der Waals surface area contributed by atoms with Crippen molar-refractivity contribution in [2.24, 2.45) is 23.7 Å². The van der Waals surface area contributed by atoms with Gasteiger partial charge in [-0.2, -0.15) is 0 Å². The molecular formula is C20H28O6. The largest absolute Gasteiger partial charge is 0.451 e. The van der Waals surface area contributed by atoms with Crippen LogP contribution < -0.4 is 0 Å². The molecule has 26 heavy (non-hydrogen) atoms. The number of aliphatic hydroxyl groups excluding tert-OH is 2. The van der Waals surface area contributed by atoms with Crippen molar-refractivity contribution < 1.29 is 29.3 Å². The highest BCUT2D eigenvalue weighted by atomic mass is 16.6. The Kier molecular flexibility index (Phi) is 4.78. The highest BCUT2D eigenvalue weighted by Crippen LogP contribution is 2.69. The molecule has 144 valence electrons. The van der Waals surface area contributed by atoms with E-state index in [1.807, 2.05) is 0 Å². The molecule has 3 fully saturated rings. The Labute approximate surface area is 153 Å². The number of aliphatic hydroxyl groups is 2. The van der Waals surface area contributed by atoms with Crippen LogP contribution >= 0.6 is 0 Å². The molecule has 2 bridgehead atoms. The number of hydrogen-bond acceptors (Lipinski definition) is 6. The van der Waals surface area contributed by atoms with Crippen LogP contribution in [0.3, 0.4) is 0 Å². The van der Waals surface area contributed by atoms with Crippen LogP contribution in [-0.2, 0) is 19.1 Å². The summed E-state index contributed by atoms with van der Waals surface area (Å²) in [5, 5.41) is 20.0. The molecule has 0 aliphatic heterocycles. The van der Waals surface area contributed by atoms with Gasteiger partial charge in [0.15, 0.2) is 11.2 Å². The van der Waals surface area contributed by atoms with Crippen LogP contribution in [0.1, 0.15) is 39.5 Å². The molecule has 2 N–H and O–H groups in total. The summed E-state index contributed by atoms with van der Waals surface area (Å²) in [6, 6.07) is 0. The number of ether oxygens (including phenoxy) is 2. The molecular weight excluding hydrogens is 336 g/mol. The smallest absolute Gasteiger partial charge is 0.333 e. The Bertz CT molecular complexity index is 655. The fourth-order valence-electron chi connectivity index (χ4n) is 5.66. The van der Waals surface area contributed by atoms with E-state index in [0.29, 0.717) is 19.3 Å². The first-order valence-electron chi connectivity index (χ1n) is 9.21. The van der Waals surface area contributed by atoms with E-state index in [1.165, 1.54) is 0 Å². The van der Waals surface area contributed by atoms with Gasteiger partial charge in [-0.05, 0) is 51.4 Å². The molecule has 3 aliphatic carbocycles. The summed E-state index contributed by atoms with van der Waals surface area (Å²) in [6.07, 6.45) is 2.69. The fourth-order valence-corrected chi connectivity index (χ4v) is 5.66. The molecule has 0 aromatic heterocycles. The summed E-state index contributed by atoms with van der Waals surface area (Å²) in [7, 11) is 0. The van der Waals surface area contributed by atoms with Gasteiger partial charge in [0.05, 0.1) is 6.61 Å². The SMILES string of the molecule is C=C(C)C(=O)OC12CCC(C1)C1CC(CO)C(CO)C12OC(=O)C(=C)C. The second-order valence-electron chi connectivity index (χ2n) is 8.20. The van der Waals surface area contributed by atoms with Gasteiger partial charge in [-0.1, -0.05) is 13.2 Å². The second-order valence-corrected chi connectivity index (χ2v) is 8.20. The van der Waals surface area contributed by atoms with Crippen LogP contribution in [0.2, 0.25) is 0 Å². The highest BCUT2D eigenvalue weighted by molar-refractivity contribution is 5.88. The molecule has 0 aromatic rings. The molecule has 3 saturated carbocycles. The van der Waals surface area contributed by atoms with E-state index in [4.69, 9.17) is 9.47 Å². The monoisotopic (exact) mass is 364 g/mol. The third kappa shape index (κ3) is 2.46. The maximum absolute atomic E-state index is 12.5. The first-order valence-corrected chi connectivity index (χ1v) is 9.21. The molecule has 3 aliphatic rings. The number of carbonyl (C=O) groups excluding carboxylic acids is 2. The minimum absolute atomic E-state index is 0.0493. The highest BCUT2D eigenvalue weighted by Gasteiger charge is 2.78. The van der Waals surface area contributed by atoms with Gasteiger partial charge in [0.1, 0.15) is 0 Å². The zero-order valence-corrected chi connectivity index (χ0v) is 15.5. The Morgan fingerprint density at radius 2 is 1.69 bits per heavy atom. The average Bonchev–Trinajstić information content (AvgIpc) is 3.20. The van der Waals surface area contributed by atoms with E-state index in [0.717, 1.165) is 6.42 Å². The van der Waals surface area contributed by atoms with Crippen LogP contribution in [-0.4, -0.2) is 46.6 Å². The number of hydrogen-bond donors (Lipinski definition) is 2. The predicted molar refractivity (Wildman–Crippen MR) is 93.9 cm³/mol. The van der Waals surface area contributed by atoms with Gasteiger partial charge < -0.3 is 19.7 Å². The molecule has 6 atom stereocenters. The fraction of sp³-hybridized carbons (Fsp3) is 0.700. The van der Waals surface area contributed by atoms with Crippen molar-refractivity contribution >= 4 is 11.9 Å². The summed E-state index contributed by atoms with van der Waals surface area (Å²) in [6.45, 7) is 10.1. The van der Waals surface area contributed by atoms with Gasteiger partial charge in [-0.25, -0.2) is 9.59 Å². The van der Waals surface area contributed by atoms with Crippen molar-refractivity contribution in [3.63, 3.8) is 0 Å². The third-order valence-corrected chi connectivity index (χ3v) is 6.70. The van der Waals surface area contributed by atoms with E-state index < -0.39 is 29.1 Å². The molecule has 0 amide bonds. The van der Waals surface area contributed by atoms with Crippen molar-refractivity contribution in [1.82, 2.24) is 0 Å². The number of carbonyl (C=O) groups is 2. The molecule has 3 rings (SSSR count). The van der Waals surface area contributed by atoms with Crippen LogP contribution in [0, 0.1) is 23.7 Å². The van der Waals surface area contributed by atoms with E-state index in [-0.39, 0.29) is 42.1 Å². The van der Waals surface area contributed by atoms with Gasteiger partial charge in [0.2, 0.25) is 0 Å². The van der Waals surface area contributed by atoms with Crippen LogP contribution in [0.25, 0.3) is 0 Å². The van der Waals surface area contributed by atoms with E-state index in [1.54, 1.807) is 13.8 Å². The van der Waals surface area contributed by atoms with Gasteiger partial charge in [0, 0.05) is 29.6 Å². The molecule has 0 heterocycles. The number of fused-ring (bicyclic) bond motifs is 5. The Morgan fingerprint density at radius 3 is 2.23 bits per heavy atom. The lowest BCUT2D eigenvalue weighted by Crippen LogP contribution is -2.62. The zero-order chi connectivity index (χ0) is 19.3. The van der Waals surface area contributed by atoms with E-state index >= 15 is 0 Å². The maximum Gasteiger partial charge on any atom is 0.333 e. The predicted octanol–water partition coefficient (Wildman–Crippen LogP) is 1.75. The summed E-state index contributed by atoms with van der Waals surface area (Å²) in [5.74, 6) is -1.56. The topological polar surface area (TPSA) is 93.1 Å². The normalized spacial score (nSPS) is 40.2. The van der Waals surface area contributed by atoms with Gasteiger partial charge in [-0.3, -0.25) is 0 Å². The summed E-state index contributed by atoms with van der Waals surface area (Å²) in [4.78, 5) is 24.9. The number of esters is 2. The Hall–Kier alpha value is -1.66. The second kappa shape index (κ2) is 6.50. The molecule has 0 radical (unpaired) electrons. The molecule has 6 heteroatoms. The summed E-state index contributed by atoms with van der Waals surface area (Å²) < 4.78 is 12.0. The molecule has 6 nitrogen and oxygen atoms in total. The molecule has 0 saturated heterocycles. The third-order valence-electron chi connectivity index (χ3n) is 6.70. The van der Waals surface area contributed by atoms with Crippen molar-refractivity contribution in [3.8, 4) is 0 Å². The van der Waals surface area contributed by atoms with Crippen molar-refractivity contribution in [2.75, 3.05) is 13.2 Å². The van der Waals surface area contributed by atoms with Gasteiger partial charge in [-0.15, -0.1) is 0 Å². The average molecular weight is 364 g/mol. The molecule has 0 spiro atoms. The van der Waals surface area contributed by atoms with Crippen LogP contribution in [0.5, 0.6) is 0 Å². The van der Waals surface area contributed by atoms with Crippen molar-refractivity contribution in [2.45, 2.75) is 50.7 Å². The van der Waals surface area contributed by atoms with Crippen molar-refractivity contribution in [1.29, 1.82) is 0 Å². The first kappa shape index (κ1) is 19.1. The maximum atomic E-state index is 12.5. The quantitative estimate of drug-likeness (QED) is 0.551. The Balaban J connectivity index is 2.10. The summed E-state index contributed by atoms with van der Waals surface area (Å²) >= 11 is 0. The van der Waals surface area contributed by atoms with E-state index in [2.05, 4.69) is 13.2 Å². The number of rotatable bonds is 6. The molecule has 6 unspecified atom stereocenters. The lowest BCUT2D eigenvalue weighted by Gasteiger charge is -2.49. The first-order chi connectivity index (χ1) is 12.2. The summed E-state index contributed by atoms with van der Waals surface area (Å²) in [5.41, 5.74) is -1.57. The standard InChI is InChI=1S/C20H28O6/c1-11(2)17(23)25-19-6-5-13(8-19)15-7-14(9-21)16(10-22)20(15,19)26-18(24)12(3)4/h13-16,21-22H,1,3,5-10H2,2,4H3. The lowest BCUT2D eigenvalue weighted by atomic mass is 9.70. The molecule has 0 aromatic carbocycles. The van der Waals surface area contributed by atoms with E-state index in [9.17, 15) is 19.8 Å². The zero-order valence-electron chi connectivity index (χ0n) is 15.5. The minimum atomic E-state index is -1.13. The van der Waals surface area contributed by atoms with Gasteiger partial charge in [0.25, 0.3) is 0 Å². The minimum Gasteiger partial charge on any atom is -0.451 e. The Morgan fingerprint density at radius 1 is 1.08 bits per heavy atom. The van der Waals surface area contributed by atoms with Gasteiger partial charge >= 0.3 is 11.9 Å². The van der Waals surface area contributed by atoms with Crippen LogP contribution in [0.4, 0.5) is 0 Å².